The molecule has 162 valence electrons. The fourth-order valence-corrected chi connectivity index (χ4v) is 3.38. The first-order valence-corrected chi connectivity index (χ1v) is 12.0. The average Bonchev–Trinajstić information content (AvgIpc) is 2.68. The van der Waals surface area contributed by atoms with E-state index in [9.17, 15) is 9.46 Å². The van der Waals surface area contributed by atoms with Crippen LogP contribution in [0.1, 0.15) is 65.2 Å². The molecule has 1 aromatic carbocycles. The summed E-state index contributed by atoms with van der Waals surface area (Å²) in [5, 5.41) is 0. The van der Waals surface area contributed by atoms with E-state index in [-0.39, 0.29) is 12.4 Å². The van der Waals surface area contributed by atoms with Gasteiger partial charge >= 0.3 is 7.82 Å². The summed E-state index contributed by atoms with van der Waals surface area (Å²) < 4.78 is 33.9. The summed E-state index contributed by atoms with van der Waals surface area (Å²) in [6, 6.07) is 8.46. The predicted molar refractivity (Wildman–Crippen MR) is 112 cm³/mol. The quantitative estimate of drug-likeness (QED) is 0.243. The summed E-state index contributed by atoms with van der Waals surface area (Å²) in [6.45, 7) is 5.87. The zero-order valence-corrected chi connectivity index (χ0v) is 18.3. The lowest BCUT2D eigenvalue weighted by Crippen LogP contribution is -2.26. The van der Waals surface area contributed by atoms with Crippen LogP contribution in [0.4, 0.5) is 0 Å². The van der Waals surface area contributed by atoms with E-state index in [1.807, 2.05) is 0 Å². The molecule has 0 aromatic heterocycles. The minimum Gasteiger partial charge on any atom is -0.404 e. The monoisotopic (exact) mass is 416 g/mol. The Balaban J connectivity index is 2.39. The summed E-state index contributed by atoms with van der Waals surface area (Å²) in [7, 11) is -4.21. The van der Waals surface area contributed by atoms with Gasteiger partial charge in [-0.15, -0.1) is 0 Å². The van der Waals surface area contributed by atoms with Gasteiger partial charge in [0.05, 0.1) is 13.2 Å². The molecule has 7 heteroatoms. The lowest BCUT2D eigenvalue weighted by atomic mass is 10.2. The Hall–Kier alpha value is -0.910. The number of rotatable bonds is 18. The Labute approximate surface area is 170 Å². The standard InChI is InChI=1S/C21H37O6P/c1-3-5-7-12-16-24-18-21(25-17-13-8-6-4-2)19-26-28(22,23)27-20-14-10-9-11-15-20/h9-11,14-15,21H,3-8,12-13,16-19H2,1-2H3,(H,22,23)/t21-/m1/s1. The number of benzene rings is 1. The van der Waals surface area contributed by atoms with Gasteiger partial charge in [0.25, 0.3) is 0 Å². The van der Waals surface area contributed by atoms with Gasteiger partial charge in [-0.05, 0) is 25.0 Å². The number of phosphoric acid groups is 1. The maximum absolute atomic E-state index is 12.2. The van der Waals surface area contributed by atoms with Gasteiger partial charge in [-0.25, -0.2) is 4.57 Å². The Morgan fingerprint density at radius 1 is 0.893 bits per heavy atom. The summed E-state index contributed by atoms with van der Waals surface area (Å²) in [4.78, 5) is 9.94. The molecule has 28 heavy (non-hydrogen) atoms. The number of ether oxygens (including phenoxy) is 2. The molecule has 0 fully saturated rings. The molecule has 0 aliphatic heterocycles. The minimum atomic E-state index is -4.21. The van der Waals surface area contributed by atoms with E-state index < -0.39 is 13.9 Å². The van der Waals surface area contributed by atoms with Crippen molar-refractivity contribution >= 4 is 7.82 Å². The molecule has 6 nitrogen and oxygen atoms in total. The van der Waals surface area contributed by atoms with Gasteiger partial charge in [-0.1, -0.05) is 70.6 Å². The lowest BCUT2D eigenvalue weighted by molar-refractivity contribution is -0.0425. The Morgan fingerprint density at radius 3 is 2.18 bits per heavy atom. The Morgan fingerprint density at radius 2 is 1.54 bits per heavy atom. The molecule has 0 aliphatic rings. The summed E-state index contributed by atoms with van der Waals surface area (Å²) in [6.07, 6.45) is 8.55. The Kier molecular flexibility index (Phi) is 14.3. The van der Waals surface area contributed by atoms with Crippen molar-refractivity contribution in [2.45, 2.75) is 71.3 Å². The van der Waals surface area contributed by atoms with Gasteiger partial charge < -0.3 is 14.0 Å². The molecule has 1 unspecified atom stereocenters. The fourth-order valence-electron chi connectivity index (χ4n) is 2.59. The molecule has 1 N–H and O–H groups in total. The van der Waals surface area contributed by atoms with Crippen molar-refractivity contribution in [1.29, 1.82) is 0 Å². The molecule has 0 aliphatic carbocycles. The molecular formula is C21H37O6P. The number of phosphoric ester groups is 1. The molecule has 2 atom stereocenters. The summed E-state index contributed by atoms with van der Waals surface area (Å²) >= 11 is 0. The van der Waals surface area contributed by atoms with Crippen molar-refractivity contribution in [1.82, 2.24) is 0 Å². The third kappa shape index (κ3) is 13.3. The number of unbranched alkanes of at least 4 members (excludes halogenated alkanes) is 6. The summed E-state index contributed by atoms with van der Waals surface area (Å²) in [5.41, 5.74) is 0. The van der Waals surface area contributed by atoms with Gasteiger partial charge in [-0.2, -0.15) is 0 Å². The third-order valence-corrected chi connectivity index (χ3v) is 5.10. The summed E-state index contributed by atoms with van der Waals surface area (Å²) in [5.74, 6) is 0.289. The molecule has 1 rings (SSSR count). The first-order valence-electron chi connectivity index (χ1n) is 10.5. The highest BCUT2D eigenvalue weighted by molar-refractivity contribution is 7.47. The van der Waals surface area contributed by atoms with E-state index in [0.717, 1.165) is 32.1 Å². The van der Waals surface area contributed by atoms with Crippen LogP contribution in [0.25, 0.3) is 0 Å². The SMILES string of the molecule is CCCCCCOC[C@H](COP(=O)(O)Oc1ccccc1)OCCCCCC. The van der Waals surface area contributed by atoms with Crippen LogP contribution in [0, 0.1) is 0 Å². The van der Waals surface area contributed by atoms with E-state index in [1.54, 1.807) is 30.3 Å². The predicted octanol–water partition coefficient (Wildman–Crippen LogP) is 5.74. The Bertz CT molecular complexity index is 525. The highest BCUT2D eigenvalue weighted by Crippen LogP contribution is 2.43. The molecule has 1 aromatic rings. The van der Waals surface area contributed by atoms with E-state index in [0.29, 0.717) is 19.8 Å². The molecule has 0 bridgehead atoms. The number of hydrogen-bond acceptors (Lipinski definition) is 5. The van der Waals surface area contributed by atoms with Crippen LogP contribution in [-0.2, 0) is 18.6 Å². The van der Waals surface area contributed by atoms with Crippen LogP contribution in [0.15, 0.2) is 30.3 Å². The molecule has 0 heterocycles. The average molecular weight is 416 g/mol. The molecule has 0 spiro atoms. The molecule has 0 saturated carbocycles. The maximum Gasteiger partial charge on any atom is 0.527 e. The topological polar surface area (TPSA) is 74.2 Å². The smallest absolute Gasteiger partial charge is 0.404 e. The zero-order valence-electron chi connectivity index (χ0n) is 17.4. The van der Waals surface area contributed by atoms with Gasteiger partial charge in [-0.3, -0.25) is 9.42 Å². The first kappa shape index (κ1) is 25.1. The zero-order chi connectivity index (χ0) is 20.5. The largest absolute Gasteiger partial charge is 0.527 e. The van der Waals surface area contributed by atoms with E-state index in [4.69, 9.17) is 18.5 Å². The van der Waals surface area contributed by atoms with Crippen LogP contribution in [0.3, 0.4) is 0 Å². The van der Waals surface area contributed by atoms with Gasteiger partial charge in [0.1, 0.15) is 11.9 Å². The van der Waals surface area contributed by atoms with E-state index in [2.05, 4.69) is 13.8 Å². The highest BCUT2D eigenvalue weighted by Gasteiger charge is 2.25. The van der Waals surface area contributed by atoms with Crippen LogP contribution in [0.5, 0.6) is 5.75 Å². The third-order valence-electron chi connectivity index (χ3n) is 4.18. The normalized spacial score (nSPS) is 14.5. The lowest BCUT2D eigenvalue weighted by Gasteiger charge is -2.20. The van der Waals surface area contributed by atoms with Crippen LogP contribution < -0.4 is 4.52 Å². The second-order valence-corrected chi connectivity index (χ2v) is 8.24. The van der Waals surface area contributed by atoms with Crippen LogP contribution in [0.2, 0.25) is 0 Å². The van der Waals surface area contributed by atoms with Crippen LogP contribution in [-0.4, -0.2) is 37.4 Å². The number of para-hydroxylation sites is 1. The van der Waals surface area contributed by atoms with Gasteiger partial charge in [0, 0.05) is 13.2 Å². The van der Waals surface area contributed by atoms with Crippen molar-refractivity contribution in [2.75, 3.05) is 26.4 Å². The fraction of sp³-hybridized carbons (Fsp3) is 0.714. The first-order chi connectivity index (χ1) is 13.6. The van der Waals surface area contributed by atoms with Crippen molar-refractivity contribution in [3.63, 3.8) is 0 Å². The second-order valence-electron chi connectivity index (χ2n) is 6.86. The van der Waals surface area contributed by atoms with E-state index >= 15 is 0 Å². The van der Waals surface area contributed by atoms with Crippen molar-refractivity contribution in [3.05, 3.63) is 30.3 Å². The van der Waals surface area contributed by atoms with E-state index in [1.165, 1.54) is 19.3 Å². The molecule has 0 saturated heterocycles. The highest BCUT2D eigenvalue weighted by atomic mass is 31.2. The van der Waals surface area contributed by atoms with Crippen molar-refractivity contribution < 1.29 is 28.0 Å². The van der Waals surface area contributed by atoms with Crippen molar-refractivity contribution in [2.24, 2.45) is 0 Å². The van der Waals surface area contributed by atoms with Crippen LogP contribution >= 0.6 is 7.82 Å². The second kappa shape index (κ2) is 15.9. The van der Waals surface area contributed by atoms with Gasteiger partial charge in [0.15, 0.2) is 0 Å². The van der Waals surface area contributed by atoms with Crippen molar-refractivity contribution in [3.8, 4) is 5.75 Å². The molecular weight excluding hydrogens is 379 g/mol. The molecule has 0 amide bonds. The number of hydrogen-bond donors (Lipinski definition) is 1. The van der Waals surface area contributed by atoms with Gasteiger partial charge in [0.2, 0.25) is 0 Å². The maximum atomic E-state index is 12.2. The minimum absolute atomic E-state index is 0.0522. The molecule has 0 radical (unpaired) electrons.